The van der Waals surface area contributed by atoms with E-state index in [0.717, 1.165) is 12.0 Å². The minimum atomic E-state index is -3.63. The van der Waals surface area contributed by atoms with Crippen molar-refractivity contribution in [3.63, 3.8) is 0 Å². The summed E-state index contributed by atoms with van der Waals surface area (Å²) in [5, 5.41) is -0.425. The molecular formula is C14H24N2O4S2. The summed E-state index contributed by atoms with van der Waals surface area (Å²) < 4.78 is 49.7. The monoisotopic (exact) mass is 348 g/mol. The summed E-state index contributed by atoms with van der Waals surface area (Å²) in [7, 11) is -6.72. The highest BCUT2D eigenvalue weighted by atomic mass is 32.2. The van der Waals surface area contributed by atoms with Crippen molar-refractivity contribution in [2.45, 2.75) is 49.8 Å². The van der Waals surface area contributed by atoms with E-state index in [1.165, 1.54) is 18.5 Å². The first-order valence-corrected chi connectivity index (χ1v) is 10.7. The van der Waals surface area contributed by atoms with Gasteiger partial charge in [-0.05, 0) is 37.8 Å². The van der Waals surface area contributed by atoms with Gasteiger partial charge in [0.15, 0.2) is 5.03 Å². The fourth-order valence-corrected chi connectivity index (χ4v) is 4.38. The SMILES string of the molecule is CCCC(CCCNS(=O)(=O)c1ccc(C)cn1)S(C)(=O)=O. The van der Waals surface area contributed by atoms with E-state index in [1.54, 1.807) is 6.07 Å². The van der Waals surface area contributed by atoms with Crippen LogP contribution >= 0.6 is 0 Å². The number of nitrogens with one attached hydrogen (secondary N) is 1. The number of sulfone groups is 1. The van der Waals surface area contributed by atoms with Gasteiger partial charge < -0.3 is 0 Å². The maximum atomic E-state index is 12.0. The zero-order valence-electron chi connectivity index (χ0n) is 13.2. The summed E-state index contributed by atoms with van der Waals surface area (Å²) in [4.78, 5) is 3.89. The molecule has 0 saturated carbocycles. The lowest BCUT2D eigenvalue weighted by molar-refractivity contribution is 0.548. The van der Waals surface area contributed by atoms with Crippen LogP contribution in [0.25, 0.3) is 0 Å². The zero-order valence-corrected chi connectivity index (χ0v) is 14.9. The molecule has 0 aliphatic rings. The van der Waals surface area contributed by atoms with Crippen molar-refractivity contribution >= 4 is 19.9 Å². The van der Waals surface area contributed by atoms with Crippen molar-refractivity contribution in [3.05, 3.63) is 23.9 Å². The van der Waals surface area contributed by atoms with Gasteiger partial charge in [0, 0.05) is 19.0 Å². The smallest absolute Gasteiger partial charge is 0.243 e. The maximum absolute atomic E-state index is 12.0. The molecule has 0 aromatic carbocycles. The van der Waals surface area contributed by atoms with Crippen LogP contribution in [-0.4, -0.2) is 39.9 Å². The molecule has 1 N–H and O–H groups in total. The number of hydrogen-bond donors (Lipinski definition) is 1. The van der Waals surface area contributed by atoms with Crippen LogP contribution in [0.15, 0.2) is 23.4 Å². The number of nitrogens with zero attached hydrogens (tertiary/aromatic N) is 1. The van der Waals surface area contributed by atoms with Crippen molar-refractivity contribution in [1.82, 2.24) is 9.71 Å². The molecule has 8 heteroatoms. The van der Waals surface area contributed by atoms with Gasteiger partial charge in [-0.25, -0.2) is 26.5 Å². The van der Waals surface area contributed by atoms with Crippen LogP contribution in [0.3, 0.4) is 0 Å². The Kier molecular flexibility index (Phi) is 6.96. The molecule has 0 radical (unpaired) electrons. The van der Waals surface area contributed by atoms with Gasteiger partial charge in [0.25, 0.3) is 10.0 Å². The van der Waals surface area contributed by atoms with Gasteiger partial charge in [-0.15, -0.1) is 0 Å². The Hall–Kier alpha value is -0.990. The number of hydrogen-bond acceptors (Lipinski definition) is 5. The van der Waals surface area contributed by atoms with Crippen LogP contribution < -0.4 is 4.72 Å². The van der Waals surface area contributed by atoms with E-state index in [9.17, 15) is 16.8 Å². The van der Waals surface area contributed by atoms with Gasteiger partial charge in [0.2, 0.25) is 0 Å². The second-order valence-electron chi connectivity index (χ2n) is 5.45. The van der Waals surface area contributed by atoms with Crippen molar-refractivity contribution < 1.29 is 16.8 Å². The Morgan fingerprint density at radius 1 is 1.18 bits per heavy atom. The van der Waals surface area contributed by atoms with E-state index in [0.29, 0.717) is 19.3 Å². The molecule has 1 heterocycles. The lowest BCUT2D eigenvalue weighted by Crippen LogP contribution is -2.27. The average Bonchev–Trinajstić information content (AvgIpc) is 2.41. The summed E-state index contributed by atoms with van der Waals surface area (Å²) in [6.45, 7) is 3.97. The van der Waals surface area contributed by atoms with Crippen molar-refractivity contribution in [3.8, 4) is 0 Å². The number of aromatic nitrogens is 1. The minimum Gasteiger partial charge on any atom is -0.243 e. The summed E-state index contributed by atoms with van der Waals surface area (Å²) in [5.41, 5.74) is 0.884. The van der Waals surface area contributed by atoms with Crippen LogP contribution in [0.4, 0.5) is 0 Å². The van der Waals surface area contributed by atoms with Gasteiger partial charge in [0.1, 0.15) is 9.84 Å². The molecule has 1 aromatic rings. The molecule has 0 fully saturated rings. The number of pyridine rings is 1. The maximum Gasteiger partial charge on any atom is 0.258 e. The summed E-state index contributed by atoms with van der Waals surface area (Å²) in [6, 6.07) is 3.14. The molecule has 1 atom stereocenters. The second kappa shape index (κ2) is 8.03. The van der Waals surface area contributed by atoms with Crippen LogP contribution in [0.5, 0.6) is 0 Å². The van der Waals surface area contributed by atoms with E-state index in [2.05, 4.69) is 9.71 Å². The normalized spacial score (nSPS) is 14.0. The second-order valence-corrected chi connectivity index (χ2v) is 9.49. The lowest BCUT2D eigenvalue weighted by atomic mass is 10.1. The molecule has 6 nitrogen and oxygen atoms in total. The Morgan fingerprint density at radius 3 is 2.36 bits per heavy atom. The molecule has 0 aliphatic heterocycles. The molecule has 0 saturated heterocycles. The molecule has 22 heavy (non-hydrogen) atoms. The molecule has 0 amide bonds. The molecular weight excluding hydrogens is 324 g/mol. The molecule has 1 unspecified atom stereocenters. The van der Waals surface area contributed by atoms with E-state index in [4.69, 9.17) is 0 Å². The molecule has 126 valence electrons. The Balaban J connectivity index is 2.54. The predicted octanol–water partition coefficient (Wildman–Crippen LogP) is 1.66. The Morgan fingerprint density at radius 2 is 1.86 bits per heavy atom. The fourth-order valence-electron chi connectivity index (χ4n) is 2.12. The summed E-state index contributed by atoms with van der Waals surface area (Å²) in [6.07, 6.45) is 5.05. The first kappa shape index (κ1) is 19.1. The van der Waals surface area contributed by atoms with Crippen molar-refractivity contribution in [2.24, 2.45) is 0 Å². The third-order valence-corrected chi connectivity index (χ3v) is 6.43. The molecule has 1 aromatic heterocycles. The summed E-state index contributed by atoms with van der Waals surface area (Å²) in [5.74, 6) is 0. The first-order chi connectivity index (χ1) is 10.2. The fraction of sp³-hybridized carbons (Fsp3) is 0.643. The van der Waals surface area contributed by atoms with Gasteiger partial charge in [-0.1, -0.05) is 19.4 Å². The highest BCUT2D eigenvalue weighted by molar-refractivity contribution is 7.91. The van der Waals surface area contributed by atoms with Gasteiger partial charge in [0.05, 0.1) is 5.25 Å². The Bertz CT molecular complexity index is 667. The summed E-state index contributed by atoms with van der Waals surface area (Å²) >= 11 is 0. The predicted molar refractivity (Wildman–Crippen MR) is 86.9 cm³/mol. The van der Waals surface area contributed by atoms with Gasteiger partial charge in [-0.2, -0.15) is 0 Å². The molecule has 1 rings (SSSR count). The number of aryl methyl sites for hydroxylation is 1. The standard InChI is InChI=1S/C14H24N2O4S2/c1-4-6-13(21(3,17)18)7-5-10-16-22(19,20)14-9-8-12(2)11-15-14/h8-9,11,13,16H,4-7,10H2,1-3H3. The number of rotatable bonds is 9. The third-order valence-electron chi connectivity index (χ3n) is 3.37. The van der Waals surface area contributed by atoms with Gasteiger partial charge in [-0.3, -0.25) is 0 Å². The zero-order chi connectivity index (χ0) is 16.8. The molecule has 0 aliphatic carbocycles. The molecule has 0 bridgehead atoms. The van der Waals surface area contributed by atoms with Crippen LogP contribution in [-0.2, 0) is 19.9 Å². The topological polar surface area (TPSA) is 93.2 Å². The minimum absolute atomic E-state index is 0.0219. The number of sulfonamides is 1. The largest absolute Gasteiger partial charge is 0.258 e. The van der Waals surface area contributed by atoms with Crippen molar-refractivity contribution in [2.75, 3.05) is 12.8 Å². The molecule has 0 spiro atoms. The van der Waals surface area contributed by atoms with Crippen LogP contribution in [0.2, 0.25) is 0 Å². The van der Waals surface area contributed by atoms with Crippen LogP contribution in [0.1, 0.15) is 38.2 Å². The van der Waals surface area contributed by atoms with E-state index in [-0.39, 0.29) is 11.6 Å². The van der Waals surface area contributed by atoms with Gasteiger partial charge >= 0.3 is 0 Å². The van der Waals surface area contributed by atoms with Crippen LogP contribution in [0, 0.1) is 6.92 Å². The first-order valence-electron chi connectivity index (χ1n) is 7.28. The van der Waals surface area contributed by atoms with Crippen molar-refractivity contribution in [1.29, 1.82) is 0 Å². The van der Waals surface area contributed by atoms with E-state index >= 15 is 0 Å². The Labute approximate surface area is 133 Å². The van der Waals surface area contributed by atoms with E-state index < -0.39 is 25.1 Å². The lowest BCUT2D eigenvalue weighted by Gasteiger charge is -2.14. The average molecular weight is 348 g/mol. The third kappa shape index (κ3) is 6.02. The highest BCUT2D eigenvalue weighted by Gasteiger charge is 2.20. The highest BCUT2D eigenvalue weighted by Crippen LogP contribution is 2.14. The quantitative estimate of drug-likeness (QED) is 0.685. The van der Waals surface area contributed by atoms with E-state index in [1.807, 2.05) is 13.8 Å².